The lowest BCUT2D eigenvalue weighted by atomic mass is 9.96. The molecule has 4 rings (SSSR count). The first-order chi connectivity index (χ1) is 15.9. The van der Waals surface area contributed by atoms with E-state index in [2.05, 4.69) is 15.5 Å². The Hall–Kier alpha value is -3.62. The maximum absolute atomic E-state index is 13.2. The van der Waals surface area contributed by atoms with Gasteiger partial charge in [-0.3, -0.25) is 4.79 Å². The van der Waals surface area contributed by atoms with Crippen molar-refractivity contribution in [3.05, 3.63) is 66.2 Å². The minimum absolute atomic E-state index is 0.229. The molecule has 0 bridgehead atoms. The number of piperidine rings is 1. The Balaban J connectivity index is 1.46. The lowest BCUT2D eigenvalue weighted by Crippen LogP contribution is -2.41. The zero-order chi connectivity index (χ0) is 23.4. The molecule has 1 aromatic heterocycles. The molecule has 1 atom stereocenters. The average Bonchev–Trinajstić information content (AvgIpc) is 2.84. The molecule has 172 valence electrons. The second kappa shape index (κ2) is 9.48. The molecule has 0 radical (unpaired) electrons. The SMILES string of the molecule is COc1ccccc1-c1ccc(N2CCCC(C(=O)Nc3ccccc3C(F)(F)F)C2)nn1. The summed E-state index contributed by atoms with van der Waals surface area (Å²) in [4.78, 5) is 14.7. The molecule has 1 fully saturated rings. The first kappa shape index (κ1) is 22.6. The summed E-state index contributed by atoms with van der Waals surface area (Å²) >= 11 is 0. The lowest BCUT2D eigenvalue weighted by Gasteiger charge is -2.32. The van der Waals surface area contributed by atoms with Crippen LogP contribution in [0.25, 0.3) is 11.3 Å². The smallest absolute Gasteiger partial charge is 0.418 e. The molecule has 2 heterocycles. The fourth-order valence-corrected chi connectivity index (χ4v) is 3.97. The van der Waals surface area contributed by atoms with E-state index in [4.69, 9.17) is 4.74 Å². The van der Waals surface area contributed by atoms with Crippen LogP contribution in [0.15, 0.2) is 60.7 Å². The van der Waals surface area contributed by atoms with Crippen LogP contribution in [0.3, 0.4) is 0 Å². The summed E-state index contributed by atoms with van der Waals surface area (Å²) in [7, 11) is 1.59. The molecule has 3 aromatic rings. The van der Waals surface area contributed by atoms with Crippen molar-refractivity contribution in [3.63, 3.8) is 0 Å². The van der Waals surface area contributed by atoms with Crippen LogP contribution in [0.2, 0.25) is 0 Å². The van der Waals surface area contributed by atoms with E-state index < -0.39 is 23.6 Å². The maximum Gasteiger partial charge on any atom is 0.418 e. The third kappa shape index (κ3) is 5.08. The molecular formula is C24H23F3N4O2. The molecule has 1 amide bonds. The van der Waals surface area contributed by atoms with Crippen LogP contribution < -0.4 is 15.0 Å². The van der Waals surface area contributed by atoms with Gasteiger partial charge < -0.3 is 15.0 Å². The van der Waals surface area contributed by atoms with Crippen molar-refractivity contribution in [2.75, 3.05) is 30.4 Å². The quantitative estimate of drug-likeness (QED) is 0.584. The Morgan fingerprint density at radius 3 is 2.55 bits per heavy atom. The number of nitrogens with one attached hydrogen (secondary N) is 1. The molecule has 1 N–H and O–H groups in total. The van der Waals surface area contributed by atoms with Crippen molar-refractivity contribution in [2.24, 2.45) is 5.92 Å². The molecule has 9 heteroatoms. The Bertz CT molecular complexity index is 1120. The number of halogens is 3. The predicted molar refractivity (Wildman–Crippen MR) is 119 cm³/mol. The van der Waals surface area contributed by atoms with Gasteiger partial charge in [-0.05, 0) is 49.2 Å². The molecule has 1 saturated heterocycles. The van der Waals surface area contributed by atoms with Crippen molar-refractivity contribution in [2.45, 2.75) is 19.0 Å². The highest BCUT2D eigenvalue weighted by Crippen LogP contribution is 2.35. The van der Waals surface area contributed by atoms with Crippen LogP contribution in [-0.4, -0.2) is 36.3 Å². The number of hydrogen-bond donors (Lipinski definition) is 1. The summed E-state index contributed by atoms with van der Waals surface area (Å²) in [5.41, 5.74) is 0.390. The number of rotatable bonds is 5. The number of aromatic nitrogens is 2. The molecule has 33 heavy (non-hydrogen) atoms. The Labute approximate surface area is 189 Å². The fraction of sp³-hybridized carbons (Fsp3) is 0.292. The first-order valence-electron chi connectivity index (χ1n) is 10.6. The summed E-state index contributed by atoms with van der Waals surface area (Å²) < 4.78 is 45.1. The zero-order valence-electron chi connectivity index (χ0n) is 18.0. The van der Waals surface area contributed by atoms with Crippen molar-refractivity contribution in [1.82, 2.24) is 10.2 Å². The van der Waals surface area contributed by atoms with Gasteiger partial charge in [0, 0.05) is 18.7 Å². The van der Waals surface area contributed by atoms with Gasteiger partial charge in [0.05, 0.1) is 30.0 Å². The molecule has 0 spiro atoms. The number of benzene rings is 2. The van der Waals surface area contributed by atoms with Gasteiger partial charge in [-0.2, -0.15) is 13.2 Å². The largest absolute Gasteiger partial charge is 0.496 e. The van der Waals surface area contributed by atoms with Crippen LogP contribution >= 0.6 is 0 Å². The standard InChI is InChI=1S/C24H23F3N4O2/c1-33-21-11-5-2-8-17(21)19-12-13-22(30-29-19)31-14-6-7-16(15-31)23(32)28-20-10-4-3-9-18(20)24(25,26)27/h2-5,8-13,16H,6-7,14-15H2,1H3,(H,28,32). The average molecular weight is 456 g/mol. The van der Waals surface area contributed by atoms with Crippen molar-refractivity contribution in [1.29, 1.82) is 0 Å². The van der Waals surface area contributed by atoms with Crippen molar-refractivity contribution < 1.29 is 22.7 Å². The van der Waals surface area contributed by atoms with E-state index >= 15 is 0 Å². The van der Waals surface area contributed by atoms with Gasteiger partial charge in [0.25, 0.3) is 0 Å². The minimum Gasteiger partial charge on any atom is -0.496 e. The van der Waals surface area contributed by atoms with Crippen molar-refractivity contribution >= 4 is 17.4 Å². The summed E-state index contributed by atoms with van der Waals surface area (Å²) in [6.07, 6.45) is -3.24. The second-order valence-corrected chi connectivity index (χ2v) is 7.79. The number of carbonyl (C=O) groups is 1. The topological polar surface area (TPSA) is 67.3 Å². The number of carbonyl (C=O) groups excluding carboxylic acids is 1. The Kier molecular flexibility index (Phi) is 6.48. The summed E-state index contributed by atoms with van der Waals surface area (Å²) in [5.74, 6) is 0.404. The number of alkyl halides is 3. The van der Waals surface area contributed by atoms with E-state index in [1.54, 1.807) is 7.11 Å². The third-order valence-electron chi connectivity index (χ3n) is 5.64. The van der Waals surface area contributed by atoms with E-state index in [9.17, 15) is 18.0 Å². The second-order valence-electron chi connectivity index (χ2n) is 7.79. The monoisotopic (exact) mass is 456 g/mol. The van der Waals surface area contributed by atoms with E-state index in [0.717, 1.165) is 18.1 Å². The number of hydrogen-bond acceptors (Lipinski definition) is 5. The van der Waals surface area contributed by atoms with Gasteiger partial charge in [-0.1, -0.05) is 24.3 Å². The van der Waals surface area contributed by atoms with E-state index in [1.807, 2.05) is 41.3 Å². The number of nitrogens with zero attached hydrogens (tertiary/aromatic N) is 3. The zero-order valence-corrected chi connectivity index (χ0v) is 18.0. The Morgan fingerprint density at radius 1 is 1.06 bits per heavy atom. The normalized spacial score (nSPS) is 16.4. The van der Waals surface area contributed by atoms with Gasteiger partial charge >= 0.3 is 6.18 Å². The van der Waals surface area contributed by atoms with Crippen molar-refractivity contribution in [3.8, 4) is 17.0 Å². The van der Waals surface area contributed by atoms with E-state index in [0.29, 0.717) is 36.8 Å². The van der Waals surface area contributed by atoms with Crippen LogP contribution in [0.5, 0.6) is 5.75 Å². The molecule has 1 unspecified atom stereocenters. The first-order valence-corrected chi connectivity index (χ1v) is 10.6. The molecule has 1 aliphatic rings. The molecular weight excluding hydrogens is 433 g/mol. The number of anilines is 2. The molecule has 6 nitrogen and oxygen atoms in total. The lowest BCUT2D eigenvalue weighted by molar-refractivity contribution is -0.137. The number of amides is 1. The maximum atomic E-state index is 13.2. The third-order valence-corrected chi connectivity index (χ3v) is 5.64. The highest BCUT2D eigenvalue weighted by molar-refractivity contribution is 5.93. The van der Waals surface area contributed by atoms with Gasteiger partial charge in [0.2, 0.25) is 5.91 Å². The van der Waals surface area contributed by atoms with Gasteiger partial charge in [-0.15, -0.1) is 10.2 Å². The fourth-order valence-electron chi connectivity index (χ4n) is 3.97. The molecule has 1 aliphatic heterocycles. The van der Waals surface area contributed by atoms with Crippen LogP contribution in [0.1, 0.15) is 18.4 Å². The van der Waals surface area contributed by atoms with E-state index in [-0.39, 0.29) is 5.69 Å². The number of methoxy groups -OCH3 is 1. The number of ether oxygens (including phenoxy) is 1. The highest BCUT2D eigenvalue weighted by Gasteiger charge is 2.34. The van der Waals surface area contributed by atoms with Crippen LogP contribution in [0, 0.1) is 5.92 Å². The number of para-hydroxylation sites is 2. The van der Waals surface area contributed by atoms with Gasteiger partial charge in [0.15, 0.2) is 5.82 Å². The summed E-state index contributed by atoms with van der Waals surface area (Å²) in [6, 6.07) is 16.2. The van der Waals surface area contributed by atoms with Gasteiger partial charge in [0.1, 0.15) is 5.75 Å². The molecule has 0 aliphatic carbocycles. The highest BCUT2D eigenvalue weighted by atomic mass is 19.4. The van der Waals surface area contributed by atoms with E-state index in [1.165, 1.54) is 18.2 Å². The van der Waals surface area contributed by atoms with Crippen LogP contribution in [-0.2, 0) is 11.0 Å². The summed E-state index contributed by atoms with van der Waals surface area (Å²) in [5, 5.41) is 11.1. The molecule has 0 saturated carbocycles. The Morgan fingerprint density at radius 2 is 1.82 bits per heavy atom. The summed E-state index contributed by atoms with van der Waals surface area (Å²) in [6.45, 7) is 1.04. The van der Waals surface area contributed by atoms with Crippen LogP contribution in [0.4, 0.5) is 24.7 Å². The molecule has 2 aromatic carbocycles. The minimum atomic E-state index is -4.54. The van der Waals surface area contributed by atoms with Gasteiger partial charge in [-0.25, -0.2) is 0 Å². The predicted octanol–water partition coefficient (Wildman–Crippen LogP) is 5.03.